The first-order valence-electron chi connectivity index (χ1n) is 8.74. The van der Waals surface area contributed by atoms with Gasteiger partial charge in [0.25, 0.3) is 5.91 Å². The average Bonchev–Trinajstić information content (AvgIpc) is 2.53. The monoisotopic (exact) mass is 368 g/mol. The molecule has 1 aliphatic heterocycles. The van der Waals surface area contributed by atoms with Crippen LogP contribution in [-0.2, 0) is 14.8 Å². The van der Waals surface area contributed by atoms with Gasteiger partial charge in [0.1, 0.15) is 0 Å². The van der Waals surface area contributed by atoms with Crippen molar-refractivity contribution < 1.29 is 17.9 Å². The van der Waals surface area contributed by atoms with E-state index in [0.29, 0.717) is 31.1 Å². The fourth-order valence-electron chi connectivity index (χ4n) is 2.85. The highest BCUT2D eigenvalue weighted by molar-refractivity contribution is 7.89. The third-order valence-electron chi connectivity index (χ3n) is 4.13. The van der Waals surface area contributed by atoms with Crippen molar-refractivity contribution in [3.05, 3.63) is 29.8 Å². The summed E-state index contributed by atoms with van der Waals surface area (Å²) in [4.78, 5) is 12.4. The number of sulfonamides is 1. The summed E-state index contributed by atoms with van der Waals surface area (Å²) >= 11 is 0. The third-order valence-corrected chi connectivity index (χ3v) is 5.95. The van der Waals surface area contributed by atoms with E-state index in [1.165, 1.54) is 16.4 Å². The van der Waals surface area contributed by atoms with E-state index in [1.807, 2.05) is 13.8 Å². The second kappa shape index (κ2) is 8.29. The molecule has 1 fully saturated rings. The van der Waals surface area contributed by atoms with Gasteiger partial charge in [-0.3, -0.25) is 4.79 Å². The van der Waals surface area contributed by atoms with Crippen LogP contribution in [0.4, 0.5) is 0 Å². The largest absolute Gasteiger partial charge is 0.373 e. The van der Waals surface area contributed by atoms with Gasteiger partial charge in [0.15, 0.2) is 0 Å². The molecule has 2 rings (SSSR count). The lowest BCUT2D eigenvalue weighted by atomic mass is 10.1. The molecule has 25 heavy (non-hydrogen) atoms. The summed E-state index contributed by atoms with van der Waals surface area (Å²) in [7, 11) is -3.64. The summed E-state index contributed by atoms with van der Waals surface area (Å²) in [6.07, 6.45) is 0.579. The van der Waals surface area contributed by atoms with Gasteiger partial charge in [-0.1, -0.05) is 19.9 Å². The van der Waals surface area contributed by atoms with Crippen LogP contribution in [0.15, 0.2) is 29.2 Å². The van der Waals surface area contributed by atoms with Gasteiger partial charge in [0.05, 0.1) is 17.1 Å². The van der Waals surface area contributed by atoms with Gasteiger partial charge < -0.3 is 10.1 Å². The van der Waals surface area contributed by atoms with Crippen molar-refractivity contribution in [2.24, 2.45) is 5.92 Å². The number of benzene rings is 1. The minimum Gasteiger partial charge on any atom is -0.373 e. The van der Waals surface area contributed by atoms with Gasteiger partial charge in [-0.05, 0) is 44.4 Å². The molecule has 0 aliphatic carbocycles. The summed E-state index contributed by atoms with van der Waals surface area (Å²) in [6.45, 7) is 9.10. The first kappa shape index (κ1) is 19.9. The molecule has 1 N–H and O–H groups in total. The zero-order valence-corrected chi connectivity index (χ0v) is 16.2. The number of nitrogens with zero attached hydrogens (tertiary/aromatic N) is 1. The molecule has 2 atom stereocenters. The SMILES string of the molecule is CC(C)CCNC(=O)c1cccc(S(=O)(=O)N2CC(C)OC(C)C2)c1. The predicted molar refractivity (Wildman–Crippen MR) is 97.0 cm³/mol. The van der Waals surface area contributed by atoms with Crippen LogP contribution in [0, 0.1) is 5.92 Å². The van der Waals surface area contributed by atoms with Gasteiger partial charge in [0.2, 0.25) is 10.0 Å². The Morgan fingerprint density at radius 2 is 1.92 bits per heavy atom. The lowest BCUT2D eigenvalue weighted by Gasteiger charge is -2.34. The lowest BCUT2D eigenvalue weighted by molar-refractivity contribution is -0.0440. The minimum atomic E-state index is -3.64. The minimum absolute atomic E-state index is 0.144. The summed E-state index contributed by atoms with van der Waals surface area (Å²) in [5.74, 6) is 0.249. The number of morpholine rings is 1. The fourth-order valence-corrected chi connectivity index (χ4v) is 4.49. The first-order valence-corrected chi connectivity index (χ1v) is 10.2. The van der Waals surface area contributed by atoms with E-state index in [9.17, 15) is 13.2 Å². The Balaban J connectivity index is 2.15. The van der Waals surface area contributed by atoms with E-state index in [4.69, 9.17) is 4.74 Å². The molecule has 1 aromatic rings. The highest BCUT2D eigenvalue weighted by Crippen LogP contribution is 2.22. The molecule has 1 aliphatic rings. The number of rotatable bonds is 6. The maximum absolute atomic E-state index is 12.9. The van der Waals surface area contributed by atoms with Crippen LogP contribution in [-0.4, -0.2) is 50.5 Å². The predicted octanol–water partition coefficient (Wildman–Crippen LogP) is 2.26. The smallest absolute Gasteiger partial charge is 0.251 e. The third kappa shape index (κ3) is 5.26. The van der Waals surface area contributed by atoms with E-state index in [2.05, 4.69) is 19.2 Å². The standard InChI is InChI=1S/C18H28N2O4S/c1-13(2)8-9-19-18(21)16-6-5-7-17(10-16)25(22,23)20-11-14(3)24-15(4)12-20/h5-7,10,13-15H,8-9,11-12H2,1-4H3,(H,19,21). The van der Waals surface area contributed by atoms with Crippen molar-refractivity contribution in [2.45, 2.75) is 51.2 Å². The zero-order chi connectivity index (χ0) is 18.6. The molecular formula is C18H28N2O4S. The number of amides is 1. The van der Waals surface area contributed by atoms with E-state index in [-0.39, 0.29) is 23.0 Å². The van der Waals surface area contributed by atoms with E-state index < -0.39 is 10.0 Å². The van der Waals surface area contributed by atoms with Crippen molar-refractivity contribution >= 4 is 15.9 Å². The van der Waals surface area contributed by atoms with Crippen LogP contribution in [0.5, 0.6) is 0 Å². The Labute approximate surface area is 150 Å². The molecule has 1 aromatic carbocycles. The number of hydrogen-bond acceptors (Lipinski definition) is 4. The molecule has 1 saturated heterocycles. The number of hydrogen-bond donors (Lipinski definition) is 1. The van der Waals surface area contributed by atoms with Crippen LogP contribution in [0.3, 0.4) is 0 Å². The van der Waals surface area contributed by atoms with E-state index in [1.54, 1.807) is 12.1 Å². The van der Waals surface area contributed by atoms with Gasteiger partial charge in [-0.15, -0.1) is 0 Å². The van der Waals surface area contributed by atoms with Crippen molar-refractivity contribution in [2.75, 3.05) is 19.6 Å². The topological polar surface area (TPSA) is 75.7 Å². The summed E-state index contributed by atoms with van der Waals surface area (Å²) in [5, 5.41) is 2.84. The van der Waals surface area contributed by atoms with Crippen LogP contribution >= 0.6 is 0 Å². The van der Waals surface area contributed by atoms with Crippen molar-refractivity contribution in [3.8, 4) is 0 Å². The van der Waals surface area contributed by atoms with Crippen LogP contribution < -0.4 is 5.32 Å². The second-order valence-electron chi connectivity index (χ2n) is 7.05. The van der Waals surface area contributed by atoms with Crippen LogP contribution in [0.25, 0.3) is 0 Å². The molecule has 2 unspecified atom stereocenters. The highest BCUT2D eigenvalue weighted by Gasteiger charge is 2.32. The Morgan fingerprint density at radius 1 is 1.28 bits per heavy atom. The van der Waals surface area contributed by atoms with Crippen LogP contribution in [0.2, 0.25) is 0 Å². The number of carbonyl (C=O) groups excluding carboxylic acids is 1. The van der Waals surface area contributed by atoms with Crippen molar-refractivity contribution in [1.29, 1.82) is 0 Å². The molecule has 0 bridgehead atoms. The normalized spacial score (nSPS) is 22.1. The Kier molecular flexibility index (Phi) is 6.59. The molecule has 1 amide bonds. The van der Waals surface area contributed by atoms with Gasteiger partial charge in [-0.25, -0.2) is 8.42 Å². The molecule has 7 heteroatoms. The quantitative estimate of drug-likeness (QED) is 0.836. The molecular weight excluding hydrogens is 340 g/mol. The molecule has 140 valence electrons. The highest BCUT2D eigenvalue weighted by atomic mass is 32.2. The molecule has 0 spiro atoms. The Hall–Kier alpha value is -1.44. The average molecular weight is 368 g/mol. The number of ether oxygens (including phenoxy) is 1. The second-order valence-corrected chi connectivity index (χ2v) is 8.98. The molecule has 0 aromatic heterocycles. The number of nitrogens with one attached hydrogen (secondary N) is 1. The summed E-state index contributed by atoms with van der Waals surface area (Å²) in [6, 6.07) is 6.22. The molecule has 6 nitrogen and oxygen atoms in total. The maximum Gasteiger partial charge on any atom is 0.251 e. The van der Waals surface area contributed by atoms with Crippen molar-refractivity contribution in [1.82, 2.24) is 9.62 Å². The van der Waals surface area contributed by atoms with Gasteiger partial charge in [0, 0.05) is 25.2 Å². The van der Waals surface area contributed by atoms with Crippen molar-refractivity contribution in [3.63, 3.8) is 0 Å². The summed E-state index contributed by atoms with van der Waals surface area (Å²) < 4.78 is 32.8. The number of carbonyl (C=O) groups is 1. The van der Waals surface area contributed by atoms with E-state index >= 15 is 0 Å². The fraction of sp³-hybridized carbons (Fsp3) is 0.611. The molecule has 1 heterocycles. The Morgan fingerprint density at radius 3 is 2.52 bits per heavy atom. The van der Waals surface area contributed by atoms with Gasteiger partial charge in [-0.2, -0.15) is 4.31 Å². The van der Waals surface area contributed by atoms with E-state index in [0.717, 1.165) is 6.42 Å². The molecule has 0 radical (unpaired) electrons. The zero-order valence-electron chi connectivity index (χ0n) is 15.4. The summed E-state index contributed by atoms with van der Waals surface area (Å²) in [5.41, 5.74) is 0.360. The van der Waals surface area contributed by atoms with Crippen LogP contribution in [0.1, 0.15) is 44.5 Å². The Bertz CT molecular complexity index is 693. The van der Waals surface area contributed by atoms with Gasteiger partial charge >= 0.3 is 0 Å². The molecule has 0 saturated carbocycles. The maximum atomic E-state index is 12.9. The first-order chi connectivity index (χ1) is 11.7. The lowest BCUT2D eigenvalue weighted by Crippen LogP contribution is -2.48.